The summed E-state index contributed by atoms with van der Waals surface area (Å²) in [6.45, 7) is 1.32. The van der Waals surface area contributed by atoms with Gasteiger partial charge in [0.1, 0.15) is 5.82 Å². The third-order valence-electron chi connectivity index (χ3n) is 2.90. The molecule has 0 spiro atoms. The molecule has 1 aromatic rings. The summed E-state index contributed by atoms with van der Waals surface area (Å²) < 4.78 is 13.7. The van der Waals surface area contributed by atoms with Gasteiger partial charge in [0.25, 0.3) is 0 Å². The quantitative estimate of drug-likeness (QED) is 0.840. The Morgan fingerprint density at radius 3 is 3.00 bits per heavy atom. The van der Waals surface area contributed by atoms with Gasteiger partial charge >= 0.3 is 0 Å². The van der Waals surface area contributed by atoms with Gasteiger partial charge in [0.15, 0.2) is 0 Å². The van der Waals surface area contributed by atoms with E-state index >= 15 is 0 Å². The Kier molecular flexibility index (Phi) is 7.87. The average molecular weight is 384 g/mol. The second kappa shape index (κ2) is 8.87. The molecular weight excluding hydrogens is 367 g/mol. The molecule has 1 aromatic carbocycles. The Balaban J connectivity index is 0.00000200. The Morgan fingerprint density at radius 1 is 1.55 bits per heavy atom. The lowest BCUT2D eigenvalue weighted by molar-refractivity contribution is -0.121. The van der Waals surface area contributed by atoms with Gasteiger partial charge in [0.2, 0.25) is 5.91 Å². The second-order valence-electron chi connectivity index (χ2n) is 4.46. The van der Waals surface area contributed by atoms with E-state index in [0.29, 0.717) is 17.4 Å². The van der Waals surface area contributed by atoms with Gasteiger partial charge in [0.05, 0.1) is 4.47 Å². The van der Waals surface area contributed by atoms with Crippen LogP contribution in [0.3, 0.4) is 0 Å². The van der Waals surface area contributed by atoms with Crippen LogP contribution in [0.15, 0.2) is 22.7 Å². The van der Waals surface area contributed by atoms with E-state index in [-0.39, 0.29) is 30.2 Å². The maximum absolute atomic E-state index is 13.3. The van der Waals surface area contributed by atoms with E-state index in [0.717, 1.165) is 23.6 Å². The largest absolute Gasteiger partial charge is 0.352 e. The predicted octanol–water partition coefficient (Wildman–Crippen LogP) is 2.72. The van der Waals surface area contributed by atoms with Crippen LogP contribution in [0.4, 0.5) is 4.39 Å². The van der Waals surface area contributed by atoms with Crippen LogP contribution in [0.25, 0.3) is 0 Å². The standard InChI is InChI=1S/C13H16BrFN2OS.ClH/c14-11-2-1-9(5-12(11)15)7-17-13(18)6-10-8-19-4-3-16-10;/h1-2,5,10,16H,3-4,6-8H2,(H,17,18);1H. The second-order valence-corrected chi connectivity index (χ2v) is 6.46. The summed E-state index contributed by atoms with van der Waals surface area (Å²) in [4.78, 5) is 11.8. The van der Waals surface area contributed by atoms with Crippen molar-refractivity contribution in [3.63, 3.8) is 0 Å². The molecule has 1 aliphatic heterocycles. The van der Waals surface area contributed by atoms with E-state index in [2.05, 4.69) is 26.6 Å². The van der Waals surface area contributed by atoms with Crippen molar-refractivity contribution in [2.45, 2.75) is 19.0 Å². The molecule has 0 aromatic heterocycles. The SMILES string of the molecule is Cl.O=C(CC1CSCCN1)NCc1ccc(Br)c(F)c1. The monoisotopic (exact) mass is 382 g/mol. The van der Waals surface area contributed by atoms with Crippen molar-refractivity contribution in [2.24, 2.45) is 0 Å². The fourth-order valence-electron chi connectivity index (χ4n) is 1.90. The molecule has 0 saturated carbocycles. The van der Waals surface area contributed by atoms with Crippen LogP contribution < -0.4 is 10.6 Å². The van der Waals surface area contributed by atoms with Gasteiger partial charge in [-0.25, -0.2) is 4.39 Å². The van der Waals surface area contributed by atoms with Crippen LogP contribution in [0, 0.1) is 5.82 Å². The summed E-state index contributed by atoms with van der Waals surface area (Å²) in [5.41, 5.74) is 0.764. The maximum Gasteiger partial charge on any atom is 0.221 e. The Labute approximate surface area is 137 Å². The zero-order chi connectivity index (χ0) is 13.7. The minimum absolute atomic E-state index is 0. The molecule has 1 fully saturated rings. The lowest BCUT2D eigenvalue weighted by atomic mass is 10.2. The predicted molar refractivity (Wildman–Crippen MR) is 86.9 cm³/mol. The molecule has 1 atom stereocenters. The number of carbonyl (C=O) groups excluding carboxylic acids is 1. The van der Waals surface area contributed by atoms with E-state index in [1.165, 1.54) is 6.07 Å². The first kappa shape index (κ1) is 17.8. The number of halogens is 3. The molecule has 1 amide bonds. The van der Waals surface area contributed by atoms with Gasteiger partial charge in [-0.3, -0.25) is 4.79 Å². The lowest BCUT2D eigenvalue weighted by Gasteiger charge is -2.22. The summed E-state index contributed by atoms with van der Waals surface area (Å²) in [6.07, 6.45) is 0.478. The third kappa shape index (κ3) is 5.60. The molecule has 1 unspecified atom stereocenters. The molecule has 1 saturated heterocycles. The molecule has 112 valence electrons. The highest BCUT2D eigenvalue weighted by Crippen LogP contribution is 2.16. The highest BCUT2D eigenvalue weighted by Gasteiger charge is 2.16. The molecule has 0 radical (unpaired) electrons. The first-order chi connectivity index (χ1) is 9.15. The van der Waals surface area contributed by atoms with Crippen molar-refractivity contribution in [3.05, 3.63) is 34.1 Å². The zero-order valence-corrected chi connectivity index (χ0v) is 14.0. The smallest absolute Gasteiger partial charge is 0.221 e. The van der Waals surface area contributed by atoms with Gasteiger partial charge in [-0.1, -0.05) is 6.07 Å². The number of hydrogen-bond donors (Lipinski definition) is 2. The van der Waals surface area contributed by atoms with Gasteiger partial charge in [-0.15, -0.1) is 12.4 Å². The van der Waals surface area contributed by atoms with Crippen LogP contribution in [0.1, 0.15) is 12.0 Å². The molecule has 1 aliphatic rings. The molecule has 7 heteroatoms. The first-order valence-corrected chi connectivity index (χ1v) is 8.11. The molecule has 2 rings (SSSR count). The summed E-state index contributed by atoms with van der Waals surface area (Å²) in [5.74, 6) is 1.77. The van der Waals surface area contributed by atoms with Crippen LogP contribution in [0.2, 0.25) is 0 Å². The molecule has 2 N–H and O–H groups in total. The van der Waals surface area contributed by atoms with Crippen molar-refractivity contribution >= 4 is 46.0 Å². The Hall–Kier alpha value is -0.300. The topological polar surface area (TPSA) is 41.1 Å². The zero-order valence-electron chi connectivity index (χ0n) is 10.8. The fraction of sp³-hybridized carbons (Fsp3) is 0.462. The van der Waals surface area contributed by atoms with Crippen molar-refractivity contribution in [2.75, 3.05) is 18.1 Å². The Bertz CT molecular complexity index is 458. The first-order valence-electron chi connectivity index (χ1n) is 6.17. The fourth-order valence-corrected chi connectivity index (χ4v) is 3.09. The van der Waals surface area contributed by atoms with E-state index in [1.54, 1.807) is 12.1 Å². The maximum atomic E-state index is 13.3. The number of nitrogens with one attached hydrogen (secondary N) is 2. The van der Waals surface area contributed by atoms with E-state index in [9.17, 15) is 9.18 Å². The van der Waals surface area contributed by atoms with Crippen LogP contribution in [-0.4, -0.2) is 30.0 Å². The van der Waals surface area contributed by atoms with E-state index in [4.69, 9.17) is 0 Å². The Morgan fingerprint density at radius 2 is 2.35 bits per heavy atom. The summed E-state index contributed by atoms with van der Waals surface area (Å²) >= 11 is 4.97. The van der Waals surface area contributed by atoms with Gasteiger partial charge in [-0.05, 0) is 33.6 Å². The van der Waals surface area contributed by atoms with Crippen molar-refractivity contribution in [3.8, 4) is 0 Å². The molecule has 0 aliphatic carbocycles. The average Bonchev–Trinajstić information content (AvgIpc) is 2.41. The molecule has 20 heavy (non-hydrogen) atoms. The van der Waals surface area contributed by atoms with Crippen LogP contribution in [0.5, 0.6) is 0 Å². The highest BCUT2D eigenvalue weighted by molar-refractivity contribution is 9.10. The number of hydrogen-bond acceptors (Lipinski definition) is 3. The number of rotatable bonds is 4. The number of benzene rings is 1. The van der Waals surface area contributed by atoms with E-state index < -0.39 is 0 Å². The molecular formula is C13H17BrClFN2OS. The number of amides is 1. The summed E-state index contributed by atoms with van der Waals surface area (Å²) in [6, 6.07) is 5.12. The molecule has 0 bridgehead atoms. The summed E-state index contributed by atoms with van der Waals surface area (Å²) in [7, 11) is 0. The minimum atomic E-state index is -0.308. The summed E-state index contributed by atoms with van der Waals surface area (Å²) in [5, 5.41) is 6.14. The van der Waals surface area contributed by atoms with Crippen LogP contribution in [-0.2, 0) is 11.3 Å². The van der Waals surface area contributed by atoms with Crippen molar-refractivity contribution in [1.29, 1.82) is 0 Å². The number of carbonyl (C=O) groups is 1. The van der Waals surface area contributed by atoms with Crippen molar-refractivity contribution < 1.29 is 9.18 Å². The van der Waals surface area contributed by atoms with Gasteiger partial charge < -0.3 is 10.6 Å². The number of thioether (sulfide) groups is 1. The van der Waals surface area contributed by atoms with Gasteiger partial charge in [-0.2, -0.15) is 11.8 Å². The van der Waals surface area contributed by atoms with E-state index in [1.807, 2.05) is 11.8 Å². The van der Waals surface area contributed by atoms with Crippen molar-refractivity contribution in [1.82, 2.24) is 10.6 Å². The molecule has 1 heterocycles. The highest BCUT2D eigenvalue weighted by atomic mass is 79.9. The third-order valence-corrected chi connectivity index (χ3v) is 4.68. The molecule has 3 nitrogen and oxygen atoms in total. The lowest BCUT2D eigenvalue weighted by Crippen LogP contribution is -2.41. The van der Waals surface area contributed by atoms with Crippen LogP contribution >= 0.6 is 40.1 Å². The minimum Gasteiger partial charge on any atom is -0.352 e. The normalized spacial score (nSPS) is 18.2. The van der Waals surface area contributed by atoms with Gasteiger partial charge in [0, 0.05) is 37.1 Å².